The maximum Gasteiger partial charge on any atom is 0.0703 e. The van der Waals surface area contributed by atoms with Crippen LogP contribution in [0.3, 0.4) is 0 Å². The molecule has 0 aliphatic heterocycles. The summed E-state index contributed by atoms with van der Waals surface area (Å²) in [7, 11) is 0. The fourth-order valence-electron chi connectivity index (χ4n) is 3.12. The van der Waals surface area contributed by atoms with E-state index >= 15 is 0 Å². The first kappa shape index (κ1) is 12.4. The first-order valence-corrected chi connectivity index (χ1v) is 7.55. The van der Waals surface area contributed by atoms with Crippen LogP contribution in [-0.4, -0.2) is 11.0 Å². The summed E-state index contributed by atoms with van der Waals surface area (Å²) >= 11 is 0. The van der Waals surface area contributed by atoms with Crippen LogP contribution in [0.4, 0.5) is 5.69 Å². The summed E-state index contributed by atoms with van der Waals surface area (Å²) in [6, 6.07) is 21.8. The molecule has 2 heteroatoms. The zero-order valence-electron chi connectivity index (χ0n) is 11.9. The molecule has 0 unspecified atom stereocenters. The number of rotatable bonds is 3. The van der Waals surface area contributed by atoms with Gasteiger partial charge in [-0.3, -0.25) is 4.98 Å². The predicted octanol–water partition coefficient (Wildman–Crippen LogP) is 4.59. The van der Waals surface area contributed by atoms with Crippen LogP contribution < -0.4 is 5.32 Å². The standard InChI is InChI=1S/C19H18N2/c1-2-6-14(7-3-1)16-11-17(12-16)21-18-10-15-8-4-5-9-19(15)20-13-18/h1-10,13,16-17,21H,11-12H2. The number of benzene rings is 2. The lowest BCUT2D eigenvalue weighted by Crippen LogP contribution is -2.33. The molecule has 0 amide bonds. The van der Waals surface area contributed by atoms with E-state index in [-0.39, 0.29) is 0 Å². The molecule has 104 valence electrons. The first-order valence-electron chi connectivity index (χ1n) is 7.55. The molecule has 1 heterocycles. The average Bonchev–Trinajstić information content (AvgIpc) is 2.51. The highest BCUT2D eigenvalue weighted by Gasteiger charge is 2.29. The highest BCUT2D eigenvalue weighted by atomic mass is 14.9. The number of para-hydroxylation sites is 1. The van der Waals surface area contributed by atoms with E-state index in [2.05, 4.69) is 58.8 Å². The monoisotopic (exact) mass is 274 g/mol. The van der Waals surface area contributed by atoms with Crippen molar-refractivity contribution < 1.29 is 0 Å². The number of nitrogens with one attached hydrogen (secondary N) is 1. The van der Waals surface area contributed by atoms with E-state index in [1.165, 1.54) is 23.8 Å². The minimum atomic E-state index is 0.568. The second kappa shape index (κ2) is 5.21. The van der Waals surface area contributed by atoms with Crippen molar-refractivity contribution in [2.75, 3.05) is 5.32 Å². The van der Waals surface area contributed by atoms with E-state index < -0.39 is 0 Å². The van der Waals surface area contributed by atoms with Gasteiger partial charge in [0.15, 0.2) is 0 Å². The molecular weight excluding hydrogens is 256 g/mol. The van der Waals surface area contributed by atoms with Crippen molar-refractivity contribution in [3.63, 3.8) is 0 Å². The Balaban J connectivity index is 1.43. The molecule has 1 fully saturated rings. The zero-order chi connectivity index (χ0) is 14.1. The van der Waals surface area contributed by atoms with Crippen molar-refractivity contribution in [2.24, 2.45) is 0 Å². The van der Waals surface area contributed by atoms with Gasteiger partial charge in [0.1, 0.15) is 0 Å². The van der Waals surface area contributed by atoms with Crippen molar-refractivity contribution in [1.82, 2.24) is 4.98 Å². The van der Waals surface area contributed by atoms with Gasteiger partial charge in [0.05, 0.1) is 17.4 Å². The summed E-state index contributed by atoms with van der Waals surface area (Å²) in [6.45, 7) is 0. The Morgan fingerprint density at radius 1 is 0.905 bits per heavy atom. The molecule has 4 rings (SSSR count). The normalized spacial score (nSPS) is 21.0. The number of hydrogen-bond donors (Lipinski definition) is 1. The van der Waals surface area contributed by atoms with E-state index in [0.717, 1.165) is 11.2 Å². The van der Waals surface area contributed by atoms with E-state index in [9.17, 15) is 0 Å². The molecule has 1 saturated carbocycles. The van der Waals surface area contributed by atoms with Gasteiger partial charge < -0.3 is 5.32 Å². The topological polar surface area (TPSA) is 24.9 Å². The van der Waals surface area contributed by atoms with Gasteiger partial charge >= 0.3 is 0 Å². The van der Waals surface area contributed by atoms with Crippen LogP contribution in [0.2, 0.25) is 0 Å². The van der Waals surface area contributed by atoms with Crippen LogP contribution in [0.1, 0.15) is 24.3 Å². The Labute approximate surface area is 124 Å². The van der Waals surface area contributed by atoms with Crippen LogP contribution in [0.15, 0.2) is 66.9 Å². The molecule has 2 aromatic carbocycles. The van der Waals surface area contributed by atoms with Gasteiger partial charge in [-0.25, -0.2) is 0 Å². The molecule has 0 radical (unpaired) electrons. The number of nitrogens with zero attached hydrogens (tertiary/aromatic N) is 1. The largest absolute Gasteiger partial charge is 0.381 e. The summed E-state index contributed by atoms with van der Waals surface area (Å²) in [4.78, 5) is 4.51. The molecular formula is C19H18N2. The summed E-state index contributed by atoms with van der Waals surface area (Å²) in [5.74, 6) is 0.706. The average molecular weight is 274 g/mol. The first-order chi connectivity index (χ1) is 10.4. The second-order valence-electron chi connectivity index (χ2n) is 5.84. The smallest absolute Gasteiger partial charge is 0.0703 e. The molecule has 0 atom stereocenters. The Bertz CT molecular complexity index is 746. The molecule has 1 aliphatic carbocycles. The molecule has 3 aromatic rings. The van der Waals surface area contributed by atoms with Gasteiger partial charge in [-0.1, -0.05) is 48.5 Å². The Morgan fingerprint density at radius 2 is 1.67 bits per heavy atom. The number of hydrogen-bond acceptors (Lipinski definition) is 2. The second-order valence-corrected chi connectivity index (χ2v) is 5.84. The molecule has 1 N–H and O–H groups in total. The van der Waals surface area contributed by atoms with Crippen LogP contribution in [-0.2, 0) is 0 Å². The third-order valence-corrected chi connectivity index (χ3v) is 4.37. The molecule has 21 heavy (non-hydrogen) atoms. The van der Waals surface area contributed by atoms with Gasteiger partial charge in [0, 0.05) is 11.4 Å². The van der Waals surface area contributed by atoms with Crippen molar-refractivity contribution >= 4 is 16.6 Å². The summed E-state index contributed by atoms with van der Waals surface area (Å²) < 4.78 is 0. The van der Waals surface area contributed by atoms with E-state index in [1.807, 2.05) is 18.3 Å². The Morgan fingerprint density at radius 3 is 2.52 bits per heavy atom. The maximum absolute atomic E-state index is 4.51. The lowest BCUT2D eigenvalue weighted by molar-refractivity contribution is 0.374. The number of pyridine rings is 1. The third kappa shape index (κ3) is 2.49. The lowest BCUT2D eigenvalue weighted by atomic mass is 9.76. The third-order valence-electron chi connectivity index (χ3n) is 4.37. The molecule has 0 bridgehead atoms. The zero-order valence-corrected chi connectivity index (χ0v) is 11.9. The molecule has 1 aliphatic rings. The molecule has 2 nitrogen and oxygen atoms in total. The summed E-state index contributed by atoms with van der Waals surface area (Å²) in [5.41, 5.74) is 3.65. The Kier molecular flexibility index (Phi) is 3.07. The van der Waals surface area contributed by atoms with Crippen LogP contribution in [0, 0.1) is 0 Å². The van der Waals surface area contributed by atoms with Gasteiger partial charge in [-0.15, -0.1) is 0 Å². The lowest BCUT2D eigenvalue weighted by Gasteiger charge is -2.36. The number of aromatic nitrogens is 1. The van der Waals surface area contributed by atoms with Crippen molar-refractivity contribution in [2.45, 2.75) is 24.8 Å². The van der Waals surface area contributed by atoms with Gasteiger partial charge in [0.2, 0.25) is 0 Å². The summed E-state index contributed by atoms with van der Waals surface area (Å²) in [5, 5.41) is 4.80. The van der Waals surface area contributed by atoms with Gasteiger partial charge in [-0.05, 0) is 36.5 Å². The maximum atomic E-state index is 4.51. The van der Waals surface area contributed by atoms with Crippen molar-refractivity contribution in [1.29, 1.82) is 0 Å². The van der Waals surface area contributed by atoms with E-state index in [0.29, 0.717) is 12.0 Å². The summed E-state index contributed by atoms with van der Waals surface area (Å²) in [6.07, 6.45) is 4.35. The minimum absolute atomic E-state index is 0.568. The van der Waals surface area contributed by atoms with Crippen LogP contribution in [0.25, 0.3) is 10.9 Å². The minimum Gasteiger partial charge on any atom is -0.381 e. The number of anilines is 1. The fourth-order valence-corrected chi connectivity index (χ4v) is 3.12. The van der Waals surface area contributed by atoms with E-state index in [1.54, 1.807) is 0 Å². The fraction of sp³-hybridized carbons (Fsp3) is 0.211. The van der Waals surface area contributed by atoms with Gasteiger partial charge in [-0.2, -0.15) is 0 Å². The van der Waals surface area contributed by atoms with Crippen molar-refractivity contribution in [3.8, 4) is 0 Å². The number of fused-ring (bicyclic) bond motifs is 1. The quantitative estimate of drug-likeness (QED) is 0.755. The predicted molar refractivity (Wildman–Crippen MR) is 87.6 cm³/mol. The van der Waals surface area contributed by atoms with Crippen LogP contribution >= 0.6 is 0 Å². The molecule has 0 spiro atoms. The molecule has 1 aromatic heterocycles. The van der Waals surface area contributed by atoms with Gasteiger partial charge in [0.25, 0.3) is 0 Å². The molecule has 0 saturated heterocycles. The Hall–Kier alpha value is -2.35. The van der Waals surface area contributed by atoms with Crippen LogP contribution in [0.5, 0.6) is 0 Å². The highest BCUT2D eigenvalue weighted by Crippen LogP contribution is 2.38. The SMILES string of the molecule is c1ccc(C2CC(Nc3cnc4ccccc4c3)C2)cc1. The van der Waals surface area contributed by atoms with Crippen molar-refractivity contribution in [3.05, 3.63) is 72.4 Å². The highest BCUT2D eigenvalue weighted by molar-refractivity contribution is 5.81. The van der Waals surface area contributed by atoms with E-state index in [4.69, 9.17) is 0 Å².